The third kappa shape index (κ3) is 6.78. The monoisotopic (exact) mass is 591 g/mol. The second-order valence-electron chi connectivity index (χ2n) is 11.3. The largest absolute Gasteiger partial charge is 0.471 e. The molecule has 2 amide bonds. The molecule has 0 aromatic heterocycles. The highest BCUT2D eigenvalue weighted by atomic mass is 19.4. The molecule has 0 spiro atoms. The smallest absolute Gasteiger partial charge is 0.392 e. The number of likely N-dealkylation sites (tertiary alicyclic amines) is 2. The summed E-state index contributed by atoms with van der Waals surface area (Å²) in [5, 5.41) is 22.2. The van der Waals surface area contributed by atoms with Crippen molar-refractivity contribution in [3.8, 4) is 0 Å². The molecule has 0 aliphatic carbocycles. The van der Waals surface area contributed by atoms with Crippen molar-refractivity contribution in [2.24, 2.45) is 5.92 Å². The number of carbonyl (C=O) groups excluding carboxylic acids is 2. The third-order valence-corrected chi connectivity index (χ3v) is 8.29. The number of hydrogen-bond acceptors (Lipinski definition) is 7. The highest BCUT2D eigenvalue weighted by Gasteiger charge is 2.47. The number of β-amino-alcohol motifs (C(OH)–C–C–N with tert-alkyl or cyclic N) is 1. The van der Waals surface area contributed by atoms with Crippen LogP contribution in [-0.4, -0.2) is 82.4 Å². The van der Waals surface area contributed by atoms with Crippen molar-refractivity contribution in [2.75, 3.05) is 31.5 Å². The van der Waals surface area contributed by atoms with Gasteiger partial charge in [-0.3, -0.25) is 14.5 Å². The molecule has 2 aromatic carbocycles. The van der Waals surface area contributed by atoms with Crippen molar-refractivity contribution in [3.63, 3.8) is 0 Å². The van der Waals surface area contributed by atoms with Gasteiger partial charge in [-0.15, -0.1) is 0 Å². The molecule has 0 bridgehead atoms. The molecule has 3 aliphatic heterocycles. The van der Waals surface area contributed by atoms with Gasteiger partial charge in [-0.1, -0.05) is 43.3 Å². The minimum absolute atomic E-state index is 0.0543. The van der Waals surface area contributed by atoms with Gasteiger partial charge in [0.2, 0.25) is 5.91 Å². The van der Waals surface area contributed by atoms with E-state index >= 15 is 0 Å². The van der Waals surface area contributed by atoms with Gasteiger partial charge in [-0.05, 0) is 42.5 Å². The Labute approximate surface area is 242 Å². The SMILES string of the molecule is C[C@H]1[C@@H](CN2CC[C@H](O)C2)O[C@@H](c2cccc(NC(=O)[C@@H]3CCCN3C(=O)C(F)(F)F)c2)O[C@H]1c1ccc(CO)cc1. The first-order chi connectivity index (χ1) is 20.0. The number of halogens is 3. The van der Waals surface area contributed by atoms with E-state index in [9.17, 15) is 33.0 Å². The van der Waals surface area contributed by atoms with Crippen LogP contribution in [0.25, 0.3) is 0 Å². The molecule has 3 N–H and O–H groups in total. The maximum absolute atomic E-state index is 13.0. The van der Waals surface area contributed by atoms with Gasteiger partial charge in [-0.2, -0.15) is 13.2 Å². The average Bonchev–Trinajstić information content (AvgIpc) is 3.62. The van der Waals surface area contributed by atoms with E-state index in [1.807, 2.05) is 31.2 Å². The van der Waals surface area contributed by atoms with E-state index in [0.717, 1.165) is 17.7 Å². The lowest BCUT2D eigenvalue weighted by Gasteiger charge is -2.42. The molecule has 0 saturated carbocycles. The predicted molar refractivity (Wildman–Crippen MR) is 146 cm³/mol. The van der Waals surface area contributed by atoms with Crippen LogP contribution in [-0.2, 0) is 25.7 Å². The zero-order chi connectivity index (χ0) is 30.0. The number of ether oxygens (including phenoxy) is 2. The van der Waals surface area contributed by atoms with Gasteiger partial charge in [0.25, 0.3) is 0 Å². The van der Waals surface area contributed by atoms with Crippen LogP contribution in [0.3, 0.4) is 0 Å². The lowest BCUT2D eigenvalue weighted by atomic mass is 9.90. The fourth-order valence-electron chi connectivity index (χ4n) is 5.99. The van der Waals surface area contributed by atoms with E-state index in [4.69, 9.17) is 9.47 Å². The van der Waals surface area contributed by atoms with Crippen molar-refractivity contribution in [1.29, 1.82) is 0 Å². The zero-order valence-electron chi connectivity index (χ0n) is 23.3. The number of carbonyl (C=O) groups is 2. The standard InChI is InChI=1S/C30H36F3N3O6/c1-18-25(16-35-13-11-23(38)15-35)41-28(42-26(18)20-9-7-19(17-37)8-10-20)21-4-2-5-22(14-21)34-27(39)24-6-3-12-36(24)29(40)30(31,32)33/h2,4-5,7-10,14,18,23-26,28,37-38H,3,6,11-13,15-17H2,1H3,(H,34,39)/t18-,23-,24-,25+,26+,28+/m0/s1. The summed E-state index contributed by atoms with van der Waals surface area (Å²) >= 11 is 0. The van der Waals surface area contributed by atoms with E-state index < -0.39 is 30.3 Å². The molecule has 3 aliphatic rings. The molecule has 228 valence electrons. The normalized spacial score (nSPS) is 28.7. The first-order valence-corrected chi connectivity index (χ1v) is 14.2. The van der Waals surface area contributed by atoms with Crippen molar-refractivity contribution >= 4 is 17.5 Å². The van der Waals surface area contributed by atoms with E-state index in [1.165, 1.54) is 0 Å². The van der Waals surface area contributed by atoms with Gasteiger partial charge in [-0.25, -0.2) is 0 Å². The summed E-state index contributed by atoms with van der Waals surface area (Å²) in [7, 11) is 0. The highest BCUT2D eigenvalue weighted by molar-refractivity contribution is 5.98. The van der Waals surface area contributed by atoms with Crippen LogP contribution in [0, 0.1) is 5.92 Å². The van der Waals surface area contributed by atoms with Gasteiger partial charge in [0.15, 0.2) is 6.29 Å². The number of rotatable bonds is 7. The van der Waals surface area contributed by atoms with Crippen molar-refractivity contribution in [3.05, 3.63) is 65.2 Å². The van der Waals surface area contributed by atoms with Gasteiger partial charge in [0.1, 0.15) is 6.04 Å². The zero-order valence-corrected chi connectivity index (χ0v) is 23.3. The lowest BCUT2D eigenvalue weighted by Crippen LogP contribution is -2.48. The second kappa shape index (κ2) is 12.7. The Kier molecular flexibility index (Phi) is 9.19. The first-order valence-electron chi connectivity index (χ1n) is 14.2. The third-order valence-electron chi connectivity index (χ3n) is 8.29. The number of alkyl halides is 3. The highest BCUT2D eigenvalue weighted by Crippen LogP contribution is 2.42. The van der Waals surface area contributed by atoms with Crippen molar-refractivity contribution in [1.82, 2.24) is 9.80 Å². The number of nitrogens with one attached hydrogen (secondary N) is 1. The molecule has 5 rings (SSSR count). The number of anilines is 1. The quantitative estimate of drug-likeness (QED) is 0.452. The maximum Gasteiger partial charge on any atom is 0.471 e. The predicted octanol–water partition coefficient (Wildman–Crippen LogP) is 3.53. The Morgan fingerprint density at radius 1 is 1.05 bits per heavy atom. The molecule has 0 unspecified atom stereocenters. The molecule has 6 atom stereocenters. The number of aliphatic hydroxyl groups excluding tert-OH is 2. The summed E-state index contributed by atoms with van der Waals surface area (Å²) in [5.74, 6) is -2.75. The fourth-order valence-corrected chi connectivity index (χ4v) is 5.99. The van der Waals surface area contributed by atoms with Gasteiger partial charge in [0.05, 0.1) is 24.9 Å². The van der Waals surface area contributed by atoms with Crippen LogP contribution in [0.2, 0.25) is 0 Å². The topological polar surface area (TPSA) is 112 Å². The number of hydrogen-bond donors (Lipinski definition) is 3. The summed E-state index contributed by atoms with van der Waals surface area (Å²) in [6, 6.07) is 13.1. The second-order valence-corrected chi connectivity index (χ2v) is 11.3. The van der Waals surface area contributed by atoms with Crippen LogP contribution >= 0.6 is 0 Å². The van der Waals surface area contributed by atoms with Gasteiger partial charge >= 0.3 is 12.1 Å². The van der Waals surface area contributed by atoms with Crippen LogP contribution in [0.15, 0.2) is 48.5 Å². The summed E-state index contributed by atoms with van der Waals surface area (Å²) in [6.45, 7) is 3.74. The summed E-state index contributed by atoms with van der Waals surface area (Å²) in [5.41, 5.74) is 2.65. The Bertz CT molecular complexity index is 1260. The number of aliphatic hydroxyl groups is 2. The summed E-state index contributed by atoms with van der Waals surface area (Å²) in [6.07, 6.45) is -5.70. The molecule has 9 nitrogen and oxygen atoms in total. The van der Waals surface area contributed by atoms with Crippen LogP contribution in [0.5, 0.6) is 0 Å². The van der Waals surface area contributed by atoms with Gasteiger partial charge < -0.3 is 29.9 Å². The molecule has 2 aromatic rings. The molecular weight excluding hydrogens is 555 g/mol. The Balaban J connectivity index is 1.35. The van der Waals surface area contributed by atoms with E-state index in [2.05, 4.69) is 10.2 Å². The van der Waals surface area contributed by atoms with E-state index in [-0.39, 0.29) is 43.8 Å². The molecular formula is C30H36F3N3O6. The molecule has 12 heteroatoms. The summed E-state index contributed by atoms with van der Waals surface area (Å²) < 4.78 is 52.0. The average molecular weight is 592 g/mol. The maximum atomic E-state index is 13.0. The molecule has 3 heterocycles. The molecule has 3 saturated heterocycles. The first kappa shape index (κ1) is 30.4. The van der Waals surface area contributed by atoms with Crippen LogP contribution < -0.4 is 5.32 Å². The van der Waals surface area contributed by atoms with E-state index in [1.54, 1.807) is 24.3 Å². The number of benzene rings is 2. The summed E-state index contributed by atoms with van der Waals surface area (Å²) in [4.78, 5) is 27.5. The Morgan fingerprint density at radius 3 is 2.48 bits per heavy atom. The number of amides is 2. The van der Waals surface area contributed by atoms with Gasteiger partial charge in [0, 0.05) is 43.3 Å². The Hall–Kier alpha value is -3.03. The lowest BCUT2D eigenvalue weighted by molar-refractivity contribution is -0.276. The molecule has 3 fully saturated rings. The Morgan fingerprint density at radius 2 is 1.81 bits per heavy atom. The fraction of sp³-hybridized carbons (Fsp3) is 0.533. The van der Waals surface area contributed by atoms with Crippen molar-refractivity contribution in [2.45, 2.75) is 69.6 Å². The van der Waals surface area contributed by atoms with Crippen LogP contribution in [0.1, 0.15) is 55.3 Å². The molecule has 42 heavy (non-hydrogen) atoms. The minimum Gasteiger partial charge on any atom is -0.392 e. The number of nitrogens with zero attached hydrogens (tertiary/aromatic N) is 2. The minimum atomic E-state index is -5.05. The van der Waals surface area contributed by atoms with Crippen molar-refractivity contribution < 1.29 is 42.4 Å². The van der Waals surface area contributed by atoms with E-state index in [0.29, 0.717) is 42.1 Å². The molecule has 0 radical (unpaired) electrons. The van der Waals surface area contributed by atoms with Crippen LogP contribution in [0.4, 0.5) is 18.9 Å².